The lowest BCUT2D eigenvalue weighted by Gasteiger charge is -2.19. The summed E-state index contributed by atoms with van der Waals surface area (Å²) >= 11 is 0. The number of carboxylic acids is 1. The molecule has 0 aliphatic rings. The van der Waals surface area contributed by atoms with Crippen molar-refractivity contribution in [2.24, 2.45) is 0 Å². The molecule has 5 nitrogen and oxygen atoms in total. The molecule has 1 aromatic rings. The number of rotatable bonds is 7. The van der Waals surface area contributed by atoms with Gasteiger partial charge < -0.3 is 9.84 Å². The summed E-state index contributed by atoms with van der Waals surface area (Å²) in [6, 6.07) is 9.04. The molecule has 19 heavy (non-hydrogen) atoms. The molecule has 0 heterocycles. The fourth-order valence-electron chi connectivity index (χ4n) is 1.34. The fraction of sp³-hybridized carbons (Fsp3) is 0.462. The molecule has 0 aliphatic heterocycles. The highest BCUT2D eigenvalue weighted by Crippen LogP contribution is 2.18. The zero-order valence-electron chi connectivity index (χ0n) is 11.0. The van der Waals surface area contributed by atoms with E-state index >= 15 is 0 Å². The van der Waals surface area contributed by atoms with E-state index in [9.17, 15) is 13.2 Å². The minimum absolute atomic E-state index is 0.209. The Bertz CT molecular complexity index is 519. The first kappa shape index (κ1) is 15.5. The van der Waals surface area contributed by atoms with Gasteiger partial charge in [-0.05, 0) is 32.4 Å². The van der Waals surface area contributed by atoms with Crippen LogP contribution in [-0.4, -0.2) is 36.6 Å². The van der Waals surface area contributed by atoms with Crippen molar-refractivity contribution in [3.63, 3.8) is 0 Å². The van der Waals surface area contributed by atoms with E-state index < -0.39 is 20.6 Å². The summed E-state index contributed by atoms with van der Waals surface area (Å²) in [5.74, 6) is -0.882. The maximum atomic E-state index is 11.9. The Kier molecular flexibility index (Phi) is 4.94. The Labute approximate surface area is 113 Å². The lowest BCUT2D eigenvalue weighted by Crippen LogP contribution is -2.42. The van der Waals surface area contributed by atoms with Crippen molar-refractivity contribution < 1.29 is 23.1 Å². The second-order valence-corrected chi connectivity index (χ2v) is 7.31. The van der Waals surface area contributed by atoms with Crippen LogP contribution < -0.4 is 4.74 Å². The van der Waals surface area contributed by atoms with Gasteiger partial charge in [-0.15, -0.1) is 0 Å². The number of sulfone groups is 1. The maximum Gasteiger partial charge on any atom is 0.324 e. The van der Waals surface area contributed by atoms with Crippen LogP contribution in [0.5, 0.6) is 5.75 Å². The van der Waals surface area contributed by atoms with Gasteiger partial charge in [-0.2, -0.15) is 0 Å². The first-order valence-electron chi connectivity index (χ1n) is 5.91. The van der Waals surface area contributed by atoms with Crippen LogP contribution in [0.4, 0.5) is 0 Å². The van der Waals surface area contributed by atoms with Gasteiger partial charge in [0.15, 0.2) is 14.6 Å². The Morgan fingerprint density at radius 2 is 1.84 bits per heavy atom. The Balaban J connectivity index is 2.47. The van der Waals surface area contributed by atoms with E-state index in [0.717, 1.165) is 0 Å². The lowest BCUT2D eigenvalue weighted by atomic mass is 10.2. The van der Waals surface area contributed by atoms with Crippen LogP contribution in [-0.2, 0) is 14.6 Å². The van der Waals surface area contributed by atoms with E-state index in [1.807, 2.05) is 18.2 Å². The van der Waals surface area contributed by atoms with Crippen LogP contribution in [0.1, 0.15) is 20.3 Å². The van der Waals surface area contributed by atoms with Gasteiger partial charge in [0, 0.05) is 0 Å². The van der Waals surface area contributed by atoms with Gasteiger partial charge in [-0.25, -0.2) is 8.42 Å². The molecule has 1 aromatic carbocycles. The van der Waals surface area contributed by atoms with E-state index in [4.69, 9.17) is 9.84 Å². The van der Waals surface area contributed by atoms with E-state index in [1.165, 1.54) is 13.8 Å². The second-order valence-electron chi connectivity index (χ2n) is 4.65. The Morgan fingerprint density at radius 1 is 1.26 bits per heavy atom. The molecular formula is C13H18O5S. The molecule has 0 amide bonds. The topological polar surface area (TPSA) is 80.7 Å². The number of para-hydroxylation sites is 1. The number of benzene rings is 1. The van der Waals surface area contributed by atoms with E-state index in [-0.39, 0.29) is 18.8 Å². The molecule has 0 fully saturated rings. The molecule has 0 bridgehead atoms. The molecule has 1 rings (SSSR count). The predicted octanol–water partition coefficient (Wildman–Crippen LogP) is 1.73. The highest BCUT2D eigenvalue weighted by molar-refractivity contribution is 7.93. The van der Waals surface area contributed by atoms with Gasteiger partial charge in [0.05, 0.1) is 12.4 Å². The summed E-state index contributed by atoms with van der Waals surface area (Å²) in [4.78, 5) is 10.9. The first-order chi connectivity index (χ1) is 8.77. The van der Waals surface area contributed by atoms with E-state index in [1.54, 1.807) is 12.1 Å². The van der Waals surface area contributed by atoms with Crippen molar-refractivity contribution in [2.75, 3.05) is 12.4 Å². The number of aliphatic carboxylic acids is 1. The smallest absolute Gasteiger partial charge is 0.324 e. The molecule has 0 saturated heterocycles. The third kappa shape index (κ3) is 3.96. The molecule has 0 radical (unpaired) electrons. The SMILES string of the molecule is CC(C)(C(=O)O)S(=O)(=O)CCCOc1ccccc1. The third-order valence-electron chi connectivity index (χ3n) is 2.86. The number of hydrogen-bond acceptors (Lipinski definition) is 4. The van der Waals surface area contributed by atoms with Gasteiger partial charge in [0.2, 0.25) is 0 Å². The maximum absolute atomic E-state index is 11.9. The summed E-state index contributed by atoms with van der Waals surface area (Å²) in [7, 11) is -3.69. The summed E-state index contributed by atoms with van der Waals surface area (Å²) < 4.78 is 27.3. The Hall–Kier alpha value is -1.56. The van der Waals surface area contributed by atoms with Crippen LogP contribution in [0.2, 0.25) is 0 Å². The van der Waals surface area contributed by atoms with Crippen molar-refractivity contribution in [3.8, 4) is 5.75 Å². The van der Waals surface area contributed by atoms with Crippen molar-refractivity contribution in [3.05, 3.63) is 30.3 Å². The molecule has 0 unspecified atom stereocenters. The van der Waals surface area contributed by atoms with Gasteiger partial charge in [0.25, 0.3) is 0 Å². The highest BCUT2D eigenvalue weighted by atomic mass is 32.2. The molecule has 106 valence electrons. The van der Waals surface area contributed by atoms with Gasteiger partial charge in [0.1, 0.15) is 5.75 Å². The quantitative estimate of drug-likeness (QED) is 0.772. The minimum Gasteiger partial charge on any atom is -0.494 e. The van der Waals surface area contributed by atoms with Crippen LogP contribution in [0, 0.1) is 0 Å². The van der Waals surface area contributed by atoms with Gasteiger partial charge in [-0.3, -0.25) is 4.79 Å². The molecule has 1 N–H and O–H groups in total. The fourth-order valence-corrected chi connectivity index (χ4v) is 2.62. The molecule has 6 heteroatoms. The molecular weight excluding hydrogens is 268 g/mol. The van der Waals surface area contributed by atoms with Gasteiger partial charge >= 0.3 is 5.97 Å². The predicted molar refractivity (Wildman–Crippen MR) is 72.1 cm³/mol. The van der Waals surface area contributed by atoms with Gasteiger partial charge in [-0.1, -0.05) is 18.2 Å². The van der Waals surface area contributed by atoms with Crippen LogP contribution in [0.25, 0.3) is 0 Å². The first-order valence-corrected chi connectivity index (χ1v) is 7.56. The van der Waals surface area contributed by atoms with Crippen LogP contribution >= 0.6 is 0 Å². The van der Waals surface area contributed by atoms with Crippen LogP contribution in [0.15, 0.2) is 30.3 Å². The van der Waals surface area contributed by atoms with Crippen molar-refractivity contribution in [1.82, 2.24) is 0 Å². The van der Waals surface area contributed by atoms with Crippen molar-refractivity contribution >= 4 is 15.8 Å². The zero-order chi connectivity index (χ0) is 14.5. The molecule has 0 spiro atoms. The largest absolute Gasteiger partial charge is 0.494 e. The number of hydrogen-bond donors (Lipinski definition) is 1. The summed E-state index contributed by atoms with van der Waals surface area (Å²) in [5.41, 5.74) is 0. The highest BCUT2D eigenvalue weighted by Gasteiger charge is 2.41. The van der Waals surface area contributed by atoms with Crippen molar-refractivity contribution in [1.29, 1.82) is 0 Å². The summed E-state index contributed by atoms with van der Waals surface area (Å²) in [6.45, 7) is 2.63. The molecule has 0 aliphatic carbocycles. The second kappa shape index (κ2) is 6.06. The zero-order valence-corrected chi connectivity index (χ0v) is 11.8. The standard InChI is InChI=1S/C13H18O5S/c1-13(2,12(14)15)19(16,17)10-6-9-18-11-7-4-3-5-8-11/h3-5,7-8H,6,9-10H2,1-2H3,(H,14,15). The van der Waals surface area contributed by atoms with Crippen LogP contribution in [0.3, 0.4) is 0 Å². The van der Waals surface area contributed by atoms with E-state index in [2.05, 4.69) is 0 Å². The number of carbonyl (C=O) groups is 1. The lowest BCUT2D eigenvalue weighted by molar-refractivity contribution is -0.139. The Morgan fingerprint density at radius 3 is 2.37 bits per heavy atom. The summed E-state index contributed by atoms with van der Waals surface area (Å²) in [5, 5.41) is 8.90. The molecule has 0 atom stereocenters. The molecule has 0 aromatic heterocycles. The number of carboxylic acid groups (broad SMARTS) is 1. The minimum atomic E-state index is -3.69. The van der Waals surface area contributed by atoms with Crippen molar-refractivity contribution in [2.45, 2.75) is 25.0 Å². The molecule has 0 saturated carbocycles. The average Bonchev–Trinajstić information content (AvgIpc) is 2.35. The monoisotopic (exact) mass is 286 g/mol. The average molecular weight is 286 g/mol. The summed E-state index contributed by atoms with van der Waals surface area (Å²) in [6.07, 6.45) is 0.258. The number of ether oxygens (including phenoxy) is 1. The third-order valence-corrected chi connectivity index (χ3v) is 5.42. The normalized spacial score (nSPS) is 12.1. The van der Waals surface area contributed by atoms with E-state index in [0.29, 0.717) is 5.75 Å².